The monoisotopic (exact) mass is 474 g/mol. The lowest BCUT2D eigenvalue weighted by molar-refractivity contribution is -0.123. The van der Waals surface area contributed by atoms with Crippen molar-refractivity contribution in [3.8, 4) is 16.9 Å². The number of aromatic nitrogens is 2. The Balaban J connectivity index is 1.63. The van der Waals surface area contributed by atoms with Gasteiger partial charge in [0, 0.05) is 12.7 Å². The highest BCUT2D eigenvalue weighted by Crippen LogP contribution is 2.39. The second-order valence-corrected chi connectivity index (χ2v) is 7.92. The number of carbonyl (C=O) groups is 2. The van der Waals surface area contributed by atoms with E-state index in [4.69, 9.17) is 32.7 Å². The number of fused-ring (bicyclic) bond motifs is 1. The van der Waals surface area contributed by atoms with Crippen molar-refractivity contribution in [2.24, 2.45) is 0 Å². The van der Waals surface area contributed by atoms with Crippen molar-refractivity contribution < 1.29 is 19.1 Å². The molecule has 32 heavy (non-hydrogen) atoms. The van der Waals surface area contributed by atoms with E-state index in [1.54, 1.807) is 32.4 Å². The van der Waals surface area contributed by atoms with Crippen LogP contribution in [0.15, 0.2) is 42.5 Å². The Kier molecular flexibility index (Phi) is 6.36. The first-order chi connectivity index (χ1) is 15.4. The van der Waals surface area contributed by atoms with Gasteiger partial charge in [0.1, 0.15) is 17.6 Å². The number of nitrogens with one attached hydrogen (secondary N) is 2. The van der Waals surface area contributed by atoms with Crippen molar-refractivity contribution in [2.45, 2.75) is 19.1 Å². The number of anilines is 2. The minimum atomic E-state index is -0.814. The van der Waals surface area contributed by atoms with Crippen LogP contribution in [0.4, 0.5) is 11.5 Å². The highest BCUT2D eigenvalue weighted by atomic mass is 35.5. The van der Waals surface area contributed by atoms with Crippen LogP contribution in [0.2, 0.25) is 10.0 Å². The number of benzene rings is 2. The van der Waals surface area contributed by atoms with Crippen molar-refractivity contribution in [3.63, 3.8) is 0 Å². The maximum absolute atomic E-state index is 12.7. The average Bonchev–Trinajstić information content (AvgIpc) is 3.27. The molecule has 166 valence electrons. The van der Waals surface area contributed by atoms with Crippen molar-refractivity contribution in [1.82, 2.24) is 9.78 Å². The van der Waals surface area contributed by atoms with Gasteiger partial charge in [0.15, 0.2) is 0 Å². The first-order valence-electron chi connectivity index (χ1n) is 9.72. The summed E-state index contributed by atoms with van der Waals surface area (Å²) in [5.41, 5.74) is 2.61. The second kappa shape index (κ2) is 9.20. The molecule has 0 radical (unpaired) electrons. The third-order valence-corrected chi connectivity index (χ3v) is 5.91. The molecule has 0 saturated carbocycles. The predicted octanol–water partition coefficient (Wildman–Crippen LogP) is 4.53. The second-order valence-electron chi connectivity index (χ2n) is 7.14. The Bertz CT molecular complexity index is 1180. The van der Waals surface area contributed by atoms with E-state index >= 15 is 0 Å². The van der Waals surface area contributed by atoms with Crippen LogP contribution in [0.25, 0.3) is 11.1 Å². The van der Waals surface area contributed by atoms with Crippen LogP contribution in [0, 0.1) is 0 Å². The maximum Gasteiger partial charge on any atom is 0.251 e. The van der Waals surface area contributed by atoms with Crippen LogP contribution in [-0.2, 0) is 20.9 Å². The normalized spacial score (nSPS) is 14.8. The summed E-state index contributed by atoms with van der Waals surface area (Å²) >= 11 is 12.1. The van der Waals surface area contributed by atoms with Crippen molar-refractivity contribution in [3.05, 3.63) is 58.2 Å². The summed E-state index contributed by atoms with van der Waals surface area (Å²) < 4.78 is 12.1. The minimum Gasteiger partial charge on any atom is -0.497 e. The van der Waals surface area contributed by atoms with E-state index in [9.17, 15) is 9.59 Å². The van der Waals surface area contributed by atoms with Crippen LogP contribution in [0.3, 0.4) is 0 Å². The van der Waals surface area contributed by atoms with E-state index in [0.717, 1.165) is 11.1 Å². The number of ether oxygens (including phenoxy) is 2. The largest absolute Gasteiger partial charge is 0.497 e. The topological polar surface area (TPSA) is 94.5 Å². The Morgan fingerprint density at radius 2 is 1.94 bits per heavy atom. The van der Waals surface area contributed by atoms with Crippen LogP contribution in [0.5, 0.6) is 5.75 Å². The molecule has 3 aromatic rings. The zero-order valence-corrected chi connectivity index (χ0v) is 18.8. The first kappa shape index (κ1) is 22.1. The molecule has 2 aromatic carbocycles. The van der Waals surface area contributed by atoms with Gasteiger partial charge in [-0.25, -0.2) is 4.68 Å². The Morgan fingerprint density at radius 1 is 1.19 bits per heavy atom. The third-order valence-electron chi connectivity index (χ3n) is 5.09. The highest BCUT2D eigenvalue weighted by Gasteiger charge is 2.37. The Morgan fingerprint density at radius 3 is 2.62 bits per heavy atom. The van der Waals surface area contributed by atoms with E-state index in [2.05, 4.69) is 15.7 Å². The number of hydrogen-bond acceptors (Lipinski definition) is 5. The first-order valence-corrected chi connectivity index (χ1v) is 10.5. The Labute approximate surface area is 194 Å². The van der Waals surface area contributed by atoms with E-state index in [1.807, 2.05) is 24.3 Å². The van der Waals surface area contributed by atoms with E-state index < -0.39 is 11.9 Å². The number of methoxy groups -OCH3 is 2. The number of nitrogens with zero attached hydrogens (tertiary/aromatic N) is 2. The van der Waals surface area contributed by atoms with E-state index in [-0.39, 0.29) is 24.0 Å². The summed E-state index contributed by atoms with van der Waals surface area (Å²) in [7, 11) is 3.16. The summed E-state index contributed by atoms with van der Waals surface area (Å²) in [6, 6.07) is 11.5. The Hall–Kier alpha value is -3.07. The van der Waals surface area contributed by atoms with Crippen molar-refractivity contribution in [2.75, 3.05) is 24.9 Å². The van der Waals surface area contributed by atoms with Gasteiger partial charge in [-0.15, -0.1) is 0 Å². The molecule has 8 nitrogen and oxygen atoms in total. The molecule has 1 atom stereocenters. The molecule has 0 saturated heterocycles. The smallest absolute Gasteiger partial charge is 0.251 e. The average molecular weight is 475 g/mol. The van der Waals surface area contributed by atoms with E-state index in [0.29, 0.717) is 28.0 Å². The number of halogens is 2. The van der Waals surface area contributed by atoms with E-state index in [1.165, 1.54) is 4.68 Å². The van der Waals surface area contributed by atoms with Crippen LogP contribution in [0.1, 0.15) is 18.2 Å². The van der Waals surface area contributed by atoms with Crippen LogP contribution in [-0.4, -0.2) is 35.8 Å². The molecule has 0 bridgehead atoms. The molecular formula is C22H20Cl2N4O4. The molecule has 2 amide bonds. The number of hydrogen-bond donors (Lipinski definition) is 2. The fraction of sp³-hybridized carbons (Fsp3) is 0.227. The molecule has 2 N–H and O–H groups in total. The molecule has 0 fully saturated rings. The third kappa shape index (κ3) is 4.17. The van der Waals surface area contributed by atoms with Gasteiger partial charge in [-0.2, -0.15) is 5.10 Å². The number of carbonyl (C=O) groups excluding carboxylic acids is 2. The van der Waals surface area contributed by atoms with Gasteiger partial charge in [-0.3, -0.25) is 9.59 Å². The van der Waals surface area contributed by atoms with Gasteiger partial charge in [0.25, 0.3) is 5.91 Å². The zero-order valence-electron chi connectivity index (χ0n) is 17.3. The zero-order chi connectivity index (χ0) is 22.8. The van der Waals surface area contributed by atoms with Crippen LogP contribution >= 0.6 is 23.2 Å². The lowest BCUT2D eigenvalue weighted by Gasteiger charge is -2.11. The molecule has 0 aliphatic carbocycles. The van der Waals surface area contributed by atoms with Gasteiger partial charge in [-0.05, 0) is 29.8 Å². The molecule has 2 heterocycles. The van der Waals surface area contributed by atoms with Gasteiger partial charge in [0.05, 0.1) is 41.6 Å². The standard InChI is InChI=1S/C22H20Cl2N4O4/c1-31-11-16-19(12-6-8-13(32-2)9-7-12)21-26-22(30)17(28(21)27-16)10-18(29)25-15-5-3-4-14(23)20(15)24/h3-9,17H,10-11H2,1-2H3,(H,25,29)(H,26,30). The minimum absolute atomic E-state index is 0.127. The summed E-state index contributed by atoms with van der Waals surface area (Å²) in [6.45, 7) is 0.244. The highest BCUT2D eigenvalue weighted by molar-refractivity contribution is 6.44. The molecule has 1 aliphatic rings. The summed E-state index contributed by atoms with van der Waals surface area (Å²) in [5.74, 6) is 0.519. The fourth-order valence-electron chi connectivity index (χ4n) is 3.59. The molecule has 1 unspecified atom stereocenters. The predicted molar refractivity (Wildman–Crippen MR) is 122 cm³/mol. The molecular weight excluding hydrogens is 455 g/mol. The van der Waals surface area contributed by atoms with Gasteiger partial charge < -0.3 is 20.1 Å². The fourth-order valence-corrected chi connectivity index (χ4v) is 3.94. The van der Waals surface area contributed by atoms with Gasteiger partial charge in [-0.1, -0.05) is 41.4 Å². The molecule has 1 aromatic heterocycles. The van der Waals surface area contributed by atoms with Crippen LogP contribution < -0.4 is 15.4 Å². The maximum atomic E-state index is 12.7. The lowest BCUT2D eigenvalue weighted by atomic mass is 10.1. The lowest BCUT2D eigenvalue weighted by Crippen LogP contribution is -2.24. The molecule has 1 aliphatic heterocycles. The summed E-state index contributed by atoms with van der Waals surface area (Å²) in [6.07, 6.45) is -0.127. The molecule has 10 heteroatoms. The quantitative estimate of drug-likeness (QED) is 0.524. The van der Waals surface area contributed by atoms with Crippen molar-refractivity contribution >= 4 is 46.5 Å². The van der Waals surface area contributed by atoms with Gasteiger partial charge >= 0.3 is 0 Å². The summed E-state index contributed by atoms with van der Waals surface area (Å²) in [5, 5.41) is 10.7. The van der Waals surface area contributed by atoms with Gasteiger partial charge in [0.2, 0.25) is 5.91 Å². The van der Waals surface area contributed by atoms with Crippen molar-refractivity contribution in [1.29, 1.82) is 0 Å². The molecule has 0 spiro atoms. The summed E-state index contributed by atoms with van der Waals surface area (Å²) in [4.78, 5) is 25.4. The number of rotatable bonds is 7. The number of amides is 2. The SMILES string of the molecule is COCc1nn2c(c1-c1ccc(OC)cc1)NC(=O)C2CC(=O)Nc1cccc(Cl)c1Cl. The molecule has 4 rings (SSSR count).